The zero-order valence-corrected chi connectivity index (χ0v) is 17.2. The van der Waals surface area contributed by atoms with E-state index in [9.17, 15) is 4.79 Å². The first-order valence-corrected chi connectivity index (χ1v) is 9.74. The van der Waals surface area contributed by atoms with Gasteiger partial charge >= 0.3 is 0 Å². The lowest BCUT2D eigenvalue weighted by Gasteiger charge is -2.08. The van der Waals surface area contributed by atoms with Gasteiger partial charge < -0.3 is 5.32 Å². The third-order valence-electron chi connectivity index (χ3n) is 4.83. The molecule has 4 rings (SSSR count). The molecule has 0 radical (unpaired) electrons. The standard InChI is InChI=1S/C22H20ClN5O/c1-4-18-19(15-7-9-16(23)10-8-15)21-26-25-20(14(3)28(21)27-18)22(29)24-17-11-5-13(2)6-12-17/h5-12H,4H2,1-3H3,(H,24,29). The van der Waals surface area contributed by atoms with Crippen LogP contribution in [0.5, 0.6) is 0 Å². The van der Waals surface area contributed by atoms with E-state index in [0.29, 0.717) is 22.1 Å². The van der Waals surface area contributed by atoms with Gasteiger partial charge in [0.25, 0.3) is 5.91 Å². The fourth-order valence-electron chi connectivity index (χ4n) is 3.25. The van der Waals surface area contributed by atoms with Gasteiger partial charge in [-0.2, -0.15) is 5.10 Å². The number of anilines is 1. The number of rotatable bonds is 4. The predicted octanol–water partition coefficient (Wildman–Crippen LogP) is 4.88. The van der Waals surface area contributed by atoms with Crippen molar-refractivity contribution >= 4 is 28.8 Å². The summed E-state index contributed by atoms with van der Waals surface area (Å²) in [5.74, 6) is -0.317. The number of nitrogens with one attached hydrogen (secondary N) is 1. The van der Waals surface area contributed by atoms with Crippen LogP contribution in [0.4, 0.5) is 5.69 Å². The van der Waals surface area contributed by atoms with Gasteiger partial charge in [0.05, 0.1) is 17.0 Å². The number of carbonyl (C=O) groups is 1. The Morgan fingerprint density at radius 2 is 1.72 bits per heavy atom. The SMILES string of the molecule is CCc1nn2c(C)c(C(=O)Nc3ccc(C)cc3)nnc2c1-c1ccc(Cl)cc1. The Labute approximate surface area is 173 Å². The zero-order valence-electron chi connectivity index (χ0n) is 16.4. The van der Waals surface area contributed by atoms with Crippen LogP contribution in [0.2, 0.25) is 5.02 Å². The minimum Gasteiger partial charge on any atom is -0.321 e. The molecule has 0 spiro atoms. The molecule has 1 amide bonds. The van der Waals surface area contributed by atoms with E-state index in [1.54, 1.807) is 4.52 Å². The number of carbonyl (C=O) groups excluding carboxylic acids is 1. The summed E-state index contributed by atoms with van der Waals surface area (Å²) in [6.07, 6.45) is 0.728. The highest BCUT2D eigenvalue weighted by atomic mass is 35.5. The summed E-state index contributed by atoms with van der Waals surface area (Å²) in [4.78, 5) is 12.8. The molecule has 4 aromatic rings. The summed E-state index contributed by atoms with van der Waals surface area (Å²) in [6, 6.07) is 15.1. The van der Waals surface area contributed by atoms with Crippen molar-refractivity contribution in [2.24, 2.45) is 0 Å². The van der Waals surface area contributed by atoms with E-state index in [-0.39, 0.29) is 11.6 Å². The summed E-state index contributed by atoms with van der Waals surface area (Å²) < 4.78 is 1.69. The van der Waals surface area contributed by atoms with Gasteiger partial charge in [-0.15, -0.1) is 10.2 Å². The Morgan fingerprint density at radius 1 is 1.03 bits per heavy atom. The Bertz CT molecular complexity index is 1200. The number of nitrogens with zero attached hydrogens (tertiary/aromatic N) is 4. The highest BCUT2D eigenvalue weighted by Crippen LogP contribution is 2.29. The van der Waals surface area contributed by atoms with E-state index in [2.05, 4.69) is 15.5 Å². The molecule has 0 atom stereocenters. The van der Waals surface area contributed by atoms with Crippen LogP contribution < -0.4 is 5.32 Å². The third kappa shape index (κ3) is 3.59. The fourth-order valence-corrected chi connectivity index (χ4v) is 3.37. The normalized spacial score (nSPS) is 11.0. The molecular formula is C22H20ClN5O. The Kier molecular flexibility index (Phi) is 5.03. The van der Waals surface area contributed by atoms with Crippen LogP contribution in [-0.2, 0) is 6.42 Å². The number of hydrogen-bond donors (Lipinski definition) is 1. The first-order chi connectivity index (χ1) is 14.0. The Balaban J connectivity index is 1.77. The molecule has 6 nitrogen and oxygen atoms in total. The number of aromatic nitrogens is 4. The largest absolute Gasteiger partial charge is 0.321 e. The van der Waals surface area contributed by atoms with E-state index in [1.807, 2.05) is 69.3 Å². The molecule has 2 heterocycles. The molecule has 0 aliphatic carbocycles. The first kappa shape index (κ1) is 19.1. The molecule has 7 heteroatoms. The van der Waals surface area contributed by atoms with Gasteiger partial charge in [-0.1, -0.05) is 48.4 Å². The molecule has 0 saturated carbocycles. The Hall–Kier alpha value is -3.25. The smallest absolute Gasteiger partial charge is 0.278 e. The van der Waals surface area contributed by atoms with Crippen molar-refractivity contribution in [3.63, 3.8) is 0 Å². The molecule has 0 aliphatic rings. The van der Waals surface area contributed by atoms with Gasteiger partial charge in [-0.05, 0) is 50.1 Å². The van der Waals surface area contributed by atoms with Gasteiger partial charge in [0, 0.05) is 10.7 Å². The van der Waals surface area contributed by atoms with Gasteiger partial charge in [0.1, 0.15) is 0 Å². The lowest BCUT2D eigenvalue weighted by Crippen LogP contribution is -2.18. The van der Waals surface area contributed by atoms with Crippen molar-refractivity contribution in [2.75, 3.05) is 5.32 Å². The van der Waals surface area contributed by atoms with Crippen LogP contribution in [0.15, 0.2) is 48.5 Å². The van der Waals surface area contributed by atoms with Crippen molar-refractivity contribution in [2.45, 2.75) is 27.2 Å². The summed E-state index contributed by atoms with van der Waals surface area (Å²) >= 11 is 6.03. The summed E-state index contributed by atoms with van der Waals surface area (Å²) in [5, 5.41) is 16.8. The summed E-state index contributed by atoms with van der Waals surface area (Å²) in [6.45, 7) is 5.86. The number of aryl methyl sites for hydroxylation is 3. The highest BCUT2D eigenvalue weighted by molar-refractivity contribution is 6.30. The average Bonchev–Trinajstić information content (AvgIpc) is 3.10. The minimum atomic E-state index is -0.317. The first-order valence-electron chi connectivity index (χ1n) is 9.36. The van der Waals surface area contributed by atoms with Crippen LogP contribution in [0.3, 0.4) is 0 Å². The van der Waals surface area contributed by atoms with Crippen LogP contribution in [0.25, 0.3) is 16.8 Å². The van der Waals surface area contributed by atoms with E-state index < -0.39 is 0 Å². The van der Waals surface area contributed by atoms with Crippen molar-refractivity contribution in [3.05, 3.63) is 76.2 Å². The maximum atomic E-state index is 12.8. The number of benzene rings is 2. The molecule has 0 bridgehead atoms. The van der Waals surface area contributed by atoms with Gasteiger partial charge in [0.2, 0.25) is 0 Å². The molecule has 0 aliphatic heterocycles. The van der Waals surface area contributed by atoms with Crippen molar-refractivity contribution < 1.29 is 4.79 Å². The van der Waals surface area contributed by atoms with E-state index in [0.717, 1.165) is 28.8 Å². The molecular weight excluding hydrogens is 386 g/mol. The van der Waals surface area contributed by atoms with Crippen LogP contribution in [0.1, 0.15) is 34.4 Å². The van der Waals surface area contributed by atoms with Gasteiger partial charge in [-0.3, -0.25) is 4.79 Å². The molecule has 29 heavy (non-hydrogen) atoms. The second kappa shape index (κ2) is 7.64. The lowest BCUT2D eigenvalue weighted by atomic mass is 10.0. The maximum absolute atomic E-state index is 12.8. The number of fused-ring (bicyclic) bond motifs is 1. The van der Waals surface area contributed by atoms with Crippen molar-refractivity contribution in [1.29, 1.82) is 0 Å². The van der Waals surface area contributed by atoms with E-state index in [1.165, 1.54) is 0 Å². The second-order valence-corrected chi connectivity index (χ2v) is 7.31. The van der Waals surface area contributed by atoms with Crippen LogP contribution >= 0.6 is 11.6 Å². The molecule has 0 unspecified atom stereocenters. The average molecular weight is 406 g/mol. The molecule has 1 N–H and O–H groups in total. The van der Waals surface area contributed by atoms with Gasteiger partial charge in [0.15, 0.2) is 11.3 Å². The quantitative estimate of drug-likeness (QED) is 0.525. The zero-order chi connectivity index (χ0) is 20.5. The van der Waals surface area contributed by atoms with Crippen LogP contribution in [-0.4, -0.2) is 25.7 Å². The van der Waals surface area contributed by atoms with E-state index in [4.69, 9.17) is 16.7 Å². The Morgan fingerprint density at radius 3 is 2.38 bits per heavy atom. The molecule has 146 valence electrons. The third-order valence-corrected chi connectivity index (χ3v) is 5.08. The predicted molar refractivity (Wildman–Crippen MR) is 114 cm³/mol. The van der Waals surface area contributed by atoms with E-state index >= 15 is 0 Å². The van der Waals surface area contributed by atoms with Crippen molar-refractivity contribution in [3.8, 4) is 11.1 Å². The molecule has 2 aromatic carbocycles. The number of halogens is 1. The fraction of sp³-hybridized carbons (Fsp3) is 0.182. The van der Waals surface area contributed by atoms with Gasteiger partial charge in [-0.25, -0.2) is 4.52 Å². The van der Waals surface area contributed by atoms with Crippen LogP contribution in [0, 0.1) is 13.8 Å². The topological polar surface area (TPSA) is 72.2 Å². The van der Waals surface area contributed by atoms with Crippen molar-refractivity contribution in [1.82, 2.24) is 19.8 Å². The minimum absolute atomic E-state index is 0.242. The lowest BCUT2D eigenvalue weighted by molar-refractivity contribution is 0.102. The maximum Gasteiger partial charge on any atom is 0.278 e. The molecule has 2 aromatic heterocycles. The molecule has 0 saturated heterocycles. The number of hydrogen-bond acceptors (Lipinski definition) is 4. The summed E-state index contributed by atoms with van der Waals surface area (Å²) in [5.41, 5.74) is 6.09. The summed E-state index contributed by atoms with van der Waals surface area (Å²) in [7, 11) is 0. The highest BCUT2D eigenvalue weighted by Gasteiger charge is 2.21. The molecule has 0 fully saturated rings. The monoisotopic (exact) mass is 405 g/mol. The number of amides is 1. The second-order valence-electron chi connectivity index (χ2n) is 6.87.